The highest BCUT2D eigenvalue weighted by Gasteiger charge is 2.23. The molecular formula is C23H27ClN6O2S. The van der Waals surface area contributed by atoms with Crippen LogP contribution in [-0.2, 0) is 11.3 Å². The first-order chi connectivity index (χ1) is 15.9. The molecule has 0 atom stereocenters. The van der Waals surface area contributed by atoms with Crippen molar-refractivity contribution in [3.8, 4) is 0 Å². The second-order valence-electron chi connectivity index (χ2n) is 8.40. The van der Waals surface area contributed by atoms with E-state index in [1.54, 1.807) is 41.2 Å². The third kappa shape index (κ3) is 5.65. The molecule has 0 N–H and O–H groups in total. The molecule has 10 heteroatoms. The van der Waals surface area contributed by atoms with Crippen LogP contribution in [0.3, 0.4) is 0 Å². The summed E-state index contributed by atoms with van der Waals surface area (Å²) in [5, 5.41) is 1.62. The SMILES string of the molecule is CC(C)CCn1c(SCC(=O)N2CCN(c3ncccn3)CC2)nc2cc(Cl)ccc2c1=O. The fraction of sp³-hybridized carbons (Fsp3) is 0.435. The maximum Gasteiger partial charge on any atom is 0.262 e. The van der Waals surface area contributed by atoms with Crippen molar-refractivity contribution in [3.63, 3.8) is 0 Å². The van der Waals surface area contributed by atoms with Crippen LogP contribution in [0.15, 0.2) is 46.6 Å². The summed E-state index contributed by atoms with van der Waals surface area (Å²) in [6, 6.07) is 6.91. The molecule has 0 unspecified atom stereocenters. The largest absolute Gasteiger partial charge is 0.338 e. The molecule has 4 rings (SSSR count). The molecule has 1 aliphatic rings. The van der Waals surface area contributed by atoms with Crippen LogP contribution in [0.25, 0.3) is 10.9 Å². The van der Waals surface area contributed by atoms with Gasteiger partial charge in [-0.2, -0.15) is 0 Å². The Labute approximate surface area is 202 Å². The van der Waals surface area contributed by atoms with Crippen LogP contribution < -0.4 is 10.5 Å². The number of fused-ring (bicyclic) bond motifs is 1. The fourth-order valence-electron chi connectivity index (χ4n) is 3.70. The van der Waals surface area contributed by atoms with Gasteiger partial charge in [0.15, 0.2) is 5.16 Å². The molecule has 174 valence electrons. The number of amides is 1. The van der Waals surface area contributed by atoms with Crippen molar-refractivity contribution >= 4 is 46.1 Å². The highest BCUT2D eigenvalue weighted by Crippen LogP contribution is 2.22. The minimum absolute atomic E-state index is 0.0319. The number of rotatable bonds is 7. The van der Waals surface area contributed by atoms with Gasteiger partial charge < -0.3 is 9.80 Å². The number of halogens is 1. The summed E-state index contributed by atoms with van der Waals surface area (Å²) in [4.78, 5) is 43.2. The summed E-state index contributed by atoms with van der Waals surface area (Å²) in [5.41, 5.74) is 0.462. The lowest BCUT2D eigenvalue weighted by Gasteiger charge is -2.34. The quantitative estimate of drug-likeness (QED) is 0.374. The normalized spacial score (nSPS) is 14.3. The van der Waals surface area contributed by atoms with Crippen LogP contribution >= 0.6 is 23.4 Å². The Morgan fingerprint density at radius 1 is 1.15 bits per heavy atom. The molecule has 1 aliphatic heterocycles. The van der Waals surface area contributed by atoms with Gasteiger partial charge in [-0.15, -0.1) is 0 Å². The maximum absolute atomic E-state index is 13.1. The average molecular weight is 487 g/mol. The van der Waals surface area contributed by atoms with Crippen molar-refractivity contribution < 1.29 is 4.79 Å². The van der Waals surface area contributed by atoms with E-state index in [-0.39, 0.29) is 17.2 Å². The number of anilines is 1. The minimum atomic E-state index is -0.0938. The van der Waals surface area contributed by atoms with E-state index in [0.717, 1.165) is 6.42 Å². The molecule has 8 nitrogen and oxygen atoms in total. The predicted octanol–water partition coefficient (Wildman–Crippen LogP) is 3.33. The van der Waals surface area contributed by atoms with Crippen molar-refractivity contribution in [2.24, 2.45) is 5.92 Å². The lowest BCUT2D eigenvalue weighted by molar-refractivity contribution is -0.128. The Hall–Kier alpha value is -2.65. The van der Waals surface area contributed by atoms with Gasteiger partial charge in [-0.3, -0.25) is 14.2 Å². The summed E-state index contributed by atoms with van der Waals surface area (Å²) in [6.45, 7) is 7.40. The Morgan fingerprint density at radius 3 is 2.58 bits per heavy atom. The van der Waals surface area contributed by atoms with Crippen LogP contribution in [0.2, 0.25) is 5.02 Å². The Kier molecular flexibility index (Phi) is 7.49. The number of hydrogen-bond donors (Lipinski definition) is 0. The number of piperazine rings is 1. The Balaban J connectivity index is 1.46. The molecule has 1 saturated heterocycles. The van der Waals surface area contributed by atoms with Crippen molar-refractivity contribution in [3.05, 3.63) is 52.0 Å². The second-order valence-corrected chi connectivity index (χ2v) is 9.78. The molecule has 3 aromatic rings. The average Bonchev–Trinajstić information content (AvgIpc) is 2.82. The number of hydrogen-bond acceptors (Lipinski definition) is 7. The zero-order valence-corrected chi connectivity index (χ0v) is 20.3. The summed E-state index contributed by atoms with van der Waals surface area (Å²) in [5.74, 6) is 1.39. The Morgan fingerprint density at radius 2 is 1.88 bits per heavy atom. The zero-order chi connectivity index (χ0) is 23.4. The lowest BCUT2D eigenvalue weighted by atomic mass is 10.1. The van der Waals surface area contributed by atoms with Crippen molar-refractivity contribution in [2.45, 2.75) is 32.0 Å². The molecule has 1 fully saturated rings. The van der Waals surface area contributed by atoms with E-state index >= 15 is 0 Å². The van der Waals surface area contributed by atoms with Gasteiger partial charge >= 0.3 is 0 Å². The van der Waals surface area contributed by atoms with Crippen LogP contribution in [0.5, 0.6) is 0 Å². The van der Waals surface area contributed by atoms with Crippen LogP contribution in [-0.4, -0.2) is 62.3 Å². The van der Waals surface area contributed by atoms with Gasteiger partial charge in [-0.1, -0.05) is 37.2 Å². The number of nitrogens with zero attached hydrogens (tertiary/aromatic N) is 6. The highest BCUT2D eigenvalue weighted by atomic mass is 35.5. The van der Waals surface area contributed by atoms with E-state index in [4.69, 9.17) is 11.6 Å². The molecule has 2 aromatic heterocycles. The summed E-state index contributed by atoms with van der Waals surface area (Å²) in [6.07, 6.45) is 4.30. The van der Waals surface area contributed by atoms with E-state index in [1.807, 2.05) is 4.90 Å². The van der Waals surface area contributed by atoms with Crippen molar-refractivity contribution in [2.75, 3.05) is 36.8 Å². The van der Waals surface area contributed by atoms with E-state index in [1.165, 1.54) is 11.8 Å². The predicted molar refractivity (Wildman–Crippen MR) is 132 cm³/mol. The molecule has 0 radical (unpaired) electrons. The molecular weight excluding hydrogens is 460 g/mol. The fourth-order valence-corrected chi connectivity index (χ4v) is 4.79. The van der Waals surface area contributed by atoms with Gasteiger partial charge in [0.25, 0.3) is 5.56 Å². The first-order valence-corrected chi connectivity index (χ1v) is 12.4. The lowest BCUT2D eigenvalue weighted by Crippen LogP contribution is -2.49. The van der Waals surface area contributed by atoms with E-state index < -0.39 is 0 Å². The minimum Gasteiger partial charge on any atom is -0.338 e. The number of aromatic nitrogens is 4. The van der Waals surface area contributed by atoms with Gasteiger partial charge in [-0.25, -0.2) is 15.0 Å². The summed E-state index contributed by atoms with van der Waals surface area (Å²) >= 11 is 7.43. The van der Waals surface area contributed by atoms with Crippen LogP contribution in [0.1, 0.15) is 20.3 Å². The van der Waals surface area contributed by atoms with Crippen molar-refractivity contribution in [1.29, 1.82) is 0 Å². The standard InChI is InChI=1S/C23H27ClN6O2S/c1-16(2)6-9-30-21(32)18-5-4-17(24)14-19(18)27-23(30)33-15-20(31)28-10-12-29(13-11-28)22-25-7-3-8-26-22/h3-5,7-8,14,16H,6,9-13,15H2,1-2H3. The third-order valence-corrected chi connectivity index (χ3v) is 6.80. The maximum atomic E-state index is 13.1. The van der Waals surface area contributed by atoms with Gasteiger partial charge in [-0.05, 0) is 36.6 Å². The molecule has 0 spiro atoms. The Bertz CT molecular complexity index is 1180. The van der Waals surface area contributed by atoms with E-state index in [9.17, 15) is 9.59 Å². The third-order valence-electron chi connectivity index (χ3n) is 5.60. The number of benzene rings is 1. The van der Waals surface area contributed by atoms with E-state index in [0.29, 0.717) is 65.7 Å². The monoisotopic (exact) mass is 486 g/mol. The molecule has 0 saturated carbocycles. The van der Waals surface area contributed by atoms with Gasteiger partial charge in [0, 0.05) is 50.1 Å². The van der Waals surface area contributed by atoms with Crippen LogP contribution in [0, 0.1) is 5.92 Å². The molecule has 3 heterocycles. The highest BCUT2D eigenvalue weighted by molar-refractivity contribution is 7.99. The number of thioether (sulfide) groups is 1. The van der Waals surface area contributed by atoms with E-state index in [2.05, 4.69) is 33.7 Å². The second kappa shape index (κ2) is 10.5. The van der Waals surface area contributed by atoms with Crippen molar-refractivity contribution in [1.82, 2.24) is 24.4 Å². The first-order valence-electron chi connectivity index (χ1n) is 11.0. The summed E-state index contributed by atoms with van der Waals surface area (Å²) < 4.78 is 1.69. The molecule has 1 aromatic carbocycles. The zero-order valence-electron chi connectivity index (χ0n) is 18.8. The molecule has 0 bridgehead atoms. The number of carbonyl (C=O) groups excluding carboxylic acids is 1. The molecule has 33 heavy (non-hydrogen) atoms. The van der Waals surface area contributed by atoms with Gasteiger partial charge in [0.2, 0.25) is 11.9 Å². The molecule has 1 amide bonds. The number of carbonyl (C=O) groups is 1. The van der Waals surface area contributed by atoms with Gasteiger partial charge in [0.05, 0.1) is 16.7 Å². The van der Waals surface area contributed by atoms with Crippen LogP contribution in [0.4, 0.5) is 5.95 Å². The first kappa shape index (κ1) is 23.5. The smallest absolute Gasteiger partial charge is 0.262 e. The van der Waals surface area contributed by atoms with Gasteiger partial charge in [0.1, 0.15) is 0 Å². The molecule has 0 aliphatic carbocycles. The topological polar surface area (TPSA) is 84.2 Å². The summed E-state index contributed by atoms with van der Waals surface area (Å²) in [7, 11) is 0.